The highest BCUT2D eigenvalue weighted by molar-refractivity contribution is 9.10. The summed E-state index contributed by atoms with van der Waals surface area (Å²) in [6, 6.07) is 8.29. The van der Waals surface area contributed by atoms with Gasteiger partial charge in [0.1, 0.15) is 29.7 Å². The largest absolute Gasteiger partial charge is 0.355 e. The third-order valence-electron chi connectivity index (χ3n) is 2.57. The van der Waals surface area contributed by atoms with Gasteiger partial charge < -0.3 is 4.90 Å². The molecule has 1 aromatic carbocycles. The second kappa shape index (κ2) is 5.76. The number of nitriles is 1. The molecule has 96 valence electrons. The zero-order valence-corrected chi connectivity index (χ0v) is 11.7. The molecule has 0 amide bonds. The van der Waals surface area contributed by atoms with Crippen molar-refractivity contribution in [1.82, 2.24) is 9.97 Å². The number of rotatable bonds is 3. The van der Waals surface area contributed by atoms with Gasteiger partial charge in [-0.3, -0.25) is 0 Å². The van der Waals surface area contributed by atoms with Crippen molar-refractivity contribution < 1.29 is 4.39 Å². The molecule has 0 N–H and O–H groups in total. The van der Waals surface area contributed by atoms with Crippen LogP contribution in [0, 0.1) is 17.1 Å². The van der Waals surface area contributed by atoms with Crippen LogP contribution in [-0.4, -0.2) is 17.0 Å². The minimum Gasteiger partial charge on any atom is -0.355 e. The highest BCUT2D eigenvalue weighted by atomic mass is 79.9. The van der Waals surface area contributed by atoms with Crippen molar-refractivity contribution in [2.45, 2.75) is 6.54 Å². The maximum Gasteiger partial charge on any atom is 0.145 e. The van der Waals surface area contributed by atoms with Gasteiger partial charge in [0.15, 0.2) is 0 Å². The summed E-state index contributed by atoms with van der Waals surface area (Å²) >= 11 is 3.31. The second-order valence-corrected chi connectivity index (χ2v) is 4.88. The SMILES string of the molecule is CN(Cc1cc(Br)ccc1F)c1cc(C#N)ncn1. The van der Waals surface area contributed by atoms with Crippen LogP contribution in [0.4, 0.5) is 10.2 Å². The molecule has 0 aliphatic heterocycles. The monoisotopic (exact) mass is 320 g/mol. The van der Waals surface area contributed by atoms with E-state index in [0.717, 1.165) is 4.47 Å². The first kappa shape index (κ1) is 13.4. The number of halogens is 2. The highest BCUT2D eigenvalue weighted by Gasteiger charge is 2.09. The Labute approximate surface area is 118 Å². The molecule has 0 saturated carbocycles. The minimum atomic E-state index is -0.274. The Balaban J connectivity index is 2.23. The van der Waals surface area contributed by atoms with Gasteiger partial charge in [-0.2, -0.15) is 5.26 Å². The fourth-order valence-corrected chi connectivity index (χ4v) is 2.03. The Morgan fingerprint density at radius 2 is 2.16 bits per heavy atom. The average molecular weight is 321 g/mol. The zero-order valence-electron chi connectivity index (χ0n) is 10.1. The predicted octanol–water partition coefficient (Wildman–Crippen LogP) is 2.89. The second-order valence-electron chi connectivity index (χ2n) is 3.97. The van der Waals surface area contributed by atoms with Gasteiger partial charge >= 0.3 is 0 Å². The Morgan fingerprint density at radius 3 is 2.89 bits per heavy atom. The van der Waals surface area contributed by atoms with Crippen molar-refractivity contribution in [2.24, 2.45) is 0 Å². The number of hydrogen-bond acceptors (Lipinski definition) is 4. The number of aromatic nitrogens is 2. The van der Waals surface area contributed by atoms with Crippen LogP contribution in [0.5, 0.6) is 0 Å². The summed E-state index contributed by atoms with van der Waals surface area (Å²) in [6.45, 7) is 0.354. The quantitative estimate of drug-likeness (QED) is 0.872. The first-order valence-electron chi connectivity index (χ1n) is 5.47. The van der Waals surface area contributed by atoms with Gasteiger partial charge in [-0.05, 0) is 18.2 Å². The predicted molar refractivity (Wildman–Crippen MR) is 73.0 cm³/mol. The molecule has 0 aliphatic rings. The lowest BCUT2D eigenvalue weighted by Gasteiger charge is -2.18. The third-order valence-corrected chi connectivity index (χ3v) is 3.07. The van der Waals surface area contributed by atoms with Gasteiger partial charge in [-0.15, -0.1) is 0 Å². The zero-order chi connectivity index (χ0) is 13.8. The molecule has 0 radical (unpaired) electrons. The first-order chi connectivity index (χ1) is 9.10. The Bertz CT molecular complexity index is 639. The van der Waals surface area contributed by atoms with E-state index >= 15 is 0 Å². The molecule has 0 atom stereocenters. The molecular weight excluding hydrogens is 311 g/mol. The van der Waals surface area contributed by atoms with Gasteiger partial charge in [0.25, 0.3) is 0 Å². The molecular formula is C13H10BrFN4. The van der Waals surface area contributed by atoms with Crippen LogP contribution in [0.2, 0.25) is 0 Å². The van der Waals surface area contributed by atoms with Gasteiger partial charge in [-0.1, -0.05) is 15.9 Å². The molecule has 0 fully saturated rings. The van der Waals surface area contributed by atoms with Crippen molar-refractivity contribution in [3.05, 3.63) is 52.1 Å². The fourth-order valence-electron chi connectivity index (χ4n) is 1.62. The maximum atomic E-state index is 13.7. The Morgan fingerprint density at radius 1 is 1.37 bits per heavy atom. The topological polar surface area (TPSA) is 52.8 Å². The summed E-state index contributed by atoms with van der Waals surface area (Å²) in [6.07, 6.45) is 1.32. The van der Waals surface area contributed by atoms with Crippen LogP contribution in [0.25, 0.3) is 0 Å². The van der Waals surface area contributed by atoms with Crippen molar-refractivity contribution in [3.8, 4) is 6.07 Å². The number of benzene rings is 1. The van der Waals surface area contributed by atoms with E-state index in [9.17, 15) is 4.39 Å². The lowest BCUT2D eigenvalue weighted by molar-refractivity contribution is 0.607. The molecule has 0 unspecified atom stereocenters. The van der Waals surface area contributed by atoms with E-state index in [1.807, 2.05) is 6.07 Å². The molecule has 19 heavy (non-hydrogen) atoms. The minimum absolute atomic E-state index is 0.274. The number of hydrogen-bond donors (Lipinski definition) is 0. The smallest absolute Gasteiger partial charge is 0.145 e. The Kier molecular flexibility index (Phi) is 4.07. The molecule has 0 bridgehead atoms. The fraction of sp³-hybridized carbons (Fsp3) is 0.154. The van der Waals surface area contributed by atoms with E-state index in [-0.39, 0.29) is 11.5 Å². The molecule has 0 spiro atoms. The number of anilines is 1. The molecule has 0 aliphatic carbocycles. The summed E-state index contributed by atoms with van der Waals surface area (Å²) in [5.74, 6) is 0.301. The average Bonchev–Trinajstić information content (AvgIpc) is 2.43. The van der Waals surface area contributed by atoms with Crippen molar-refractivity contribution >= 4 is 21.7 Å². The first-order valence-corrected chi connectivity index (χ1v) is 6.26. The van der Waals surface area contributed by atoms with Gasteiger partial charge in [-0.25, -0.2) is 14.4 Å². The van der Waals surface area contributed by atoms with E-state index in [2.05, 4.69) is 25.9 Å². The van der Waals surface area contributed by atoms with E-state index in [1.165, 1.54) is 12.4 Å². The molecule has 6 heteroatoms. The maximum absolute atomic E-state index is 13.7. The van der Waals surface area contributed by atoms with Crippen molar-refractivity contribution in [2.75, 3.05) is 11.9 Å². The van der Waals surface area contributed by atoms with Crippen LogP contribution in [0.15, 0.2) is 35.1 Å². The van der Waals surface area contributed by atoms with Gasteiger partial charge in [0.2, 0.25) is 0 Å². The summed E-state index contributed by atoms with van der Waals surface area (Å²) in [5.41, 5.74) is 0.834. The summed E-state index contributed by atoms with van der Waals surface area (Å²) in [5, 5.41) is 8.79. The van der Waals surface area contributed by atoms with Crippen LogP contribution in [0.1, 0.15) is 11.3 Å². The van der Waals surface area contributed by atoms with Crippen LogP contribution in [-0.2, 0) is 6.54 Å². The molecule has 0 saturated heterocycles. The molecule has 1 aromatic heterocycles. The third kappa shape index (κ3) is 3.26. The normalized spacial score (nSPS) is 10.0. The van der Waals surface area contributed by atoms with E-state index in [1.54, 1.807) is 30.1 Å². The summed E-state index contributed by atoms with van der Waals surface area (Å²) < 4.78 is 14.5. The van der Waals surface area contributed by atoms with Gasteiger partial charge in [0.05, 0.1) is 0 Å². The van der Waals surface area contributed by atoms with Crippen molar-refractivity contribution in [1.29, 1.82) is 5.26 Å². The van der Waals surface area contributed by atoms with Gasteiger partial charge in [0, 0.05) is 29.7 Å². The number of nitrogens with zero attached hydrogens (tertiary/aromatic N) is 4. The van der Waals surface area contributed by atoms with E-state index < -0.39 is 0 Å². The molecule has 2 rings (SSSR count). The van der Waals surface area contributed by atoms with E-state index in [4.69, 9.17) is 5.26 Å². The van der Waals surface area contributed by atoms with Crippen LogP contribution in [0.3, 0.4) is 0 Å². The molecule has 2 aromatic rings. The van der Waals surface area contributed by atoms with E-state index in [0.29, 0.717) is 17.9 Å². The standard InChI is InChI=1S/C13H10BrFN4/c1-19(13-5-11(6-16)17-8-18-13)7-9-4-10(14)2-3-12(9)15/h2-5,8H,7H2,1H3. The van der Waals surface area contributed by atoms with Crippen LogP contribution < -0.4 is 4.90 Å². The highest BCUT2D eigenvalue weighted by Crippen LogP contribution is 2.19. The van der Waals surface area contributed by atoms with Crippen molar-refractivity contribution in [3.63, 3.8) is 0 Å². The molecule has 4 nitrogen and oxygen atoms in total. The Hall–Kier alpha value is -2.00. The van der Waals surface area contributed by atoms with Crippen LogP contribution >= 0.6 is 15.9 Å². The summed E-state index contributed by atoms with van der Waals surface area (Å²) in [4.78, 5) is 9.62. The molecule has 1 heterocycles. The summed E-state index contributed by atoms with van der Waals surface area (Å²) in [7, 11) is 1.78. The lowest BCUT2D eigenvalue weighted by Crippen LogP contribution is -2.18. The lowest BCUT2D eigenvalue weighted by atomic mass is 10.2.